The van der Waals surface area contributed by atoms with Gasteiger partial charge in [0.15, 0.2) is 0 Å². The van der Waals surface area contributed by atoms with Gasteiger partial charge >= 0.3 is 0 Å². The first kappa shape index (κ1) is 14.1. The topological polar surface area (TPSA) is 29.5 Å². The Bertz CT molecular complexity index is 516. The zero-order valence-corrected chi connectivity index (χ0v) is 12.2. The second kappa shape index (κ2) is 6.19. The van der Waals surface area contributed by atoms with Crippen molar-refractivity contribution in [1.29, 1.82) is 0 Å². The molecule has 0 unspecified atom stereocenters. The molecule has 1 aliphatic rings. The fourth-order valence-electron chi connectivity index (χ4n) is 1.93. The lowest BCUT2D eigenvalue weighted by molar-refractivity contribution is 0.0806. The van der Waals surface area contributed by atoms with Crippen LogP contribution in [0.5, 0.6) is 5.75 Å². The Morgan fingerprint density at radius 2 is 2.16 bits per heavy atom. The van der Waals surface area contributed by atoms with Gasteiger partial charge in [0.25, 0.3) is 5.91 Å². The van der Waals surface area contributed by atoms with E-state index in [0.717, 1.165) is 23.9 Å². The summed E-state index contributed by atoms with van der Waals surface area (Å²) in [5.74, 6) is -0.250. The lowest BCUT2D eigenvalue weighted by Gasteiger charge is -2.21. The summed E-state index contributed by atoms with van der Waals surface area (Å²) >= 11 is 3.36. The molecule has 3 nitrogen and oxygen atoms in total. The Labute approximate surface area is 120 Å². The van der Waals surface area contributed by atoms with Crippen molar-refractivity contribution in [3.05, 3.63) is 41.5 Å². The second-order valence-corrected chi connectivity index (χ2v) is 5.16. The van der Waals surface area contributed by atoms with Crippen molar-refractivity contribution in [3.63, 3.8) is 0 Å². The van der Waals surface area contributed by atoms with Crippen molar-refractivity contribution < 1.29 is 13.9 Å². The fraction of sp³-hybridized carbons (Fsp3) is 0.357. The molecule has 0 fully saturated rings. The number of hydrogen-bond donors (Lipinski definition) is 0. The van der Waals surface area contributed by atoms with E-state index in [0.29, 0.717) is 12.3 Å². The Hall–Kier alpha value is -1.36. The molecule has 1 heterocycles. The van der Waals surface area contributed by atoms with E-state index in [1.165, 1.54) is 24.5 Å². The fourth-order valence-corrected chi connectivity index (χ4v) is 2.33. The molecule has 0 saturated heterocycles. The number of fused-ring (bicyclic) bond motifs is 1. The molecule has 1 aromatic rings. The van der Waals surface area contributed by atoms with Crippen LogP contribution in [0, 0.1) is 5.82 Å². The maximum Gasteiger partial charge on any atom is 0.262 e. The van der Waals surface area contributed by atoms with E-state index in [2.05, 4.69) is 15.9 Å². The lowest BCUT2D eigenvalue weighted by Crippen LogP contribution is -2.29. The predicted octanol–water partition coefficient (Wildman–Crippen LogP) is 3.70. The van der Waals surface area contributed by atoms with Gasteiger partial charge in [-0.15, -0.1) is 0 Å². The minimum Gasteiger partial charge on any atom is -0.462 e. The maximum atomic E-state index is 13.3. The summed E-state index contributed by atoms with van der Waals surface area (Å²) < 4.78 is 18.7. The Morgan fingerprint density at radius 3 is 2.89 bits per heavy atom. The average Bonchev–Trinajstić information content (AvgIpc) is 2.51. The number of amides is 1. The molecule has 1 aliphatic heterocycles. The number of ether oxygens (including phenoxy) is 1. The van der Waals surface area contributed by atoms with Crippen LogP contribution in [0.3, 0.4) is 0 Å². The number of carbonyl (C=O) groups excluding carboxylic acids is 1. The molecule has 102 valence electrons. The van der Waals surface area contributed by atoms with Gasteiger partial charge in [0.2, 0.25) is 0 Å². The van der Waals surface area contributed by atoms with Gasteiger partial charge in [-0.25, -0.2) is 4.39 Å². The van der Waals surface area contributed by atoms with Crippen LogP contribution in [0.4, 0.5) is 4.39 Å². The van der Waals surface area contributed by atoms with E-state index in [1.54, 1.807) is 4.90 Å². The summed E-state index contributed by atoms with van der Waals surface area (Å²) in [5.41, 5.74) is 1.00. The van der Waals surface area contributed by atoms with E-state index in [-0.39, 0.29) is 11.5 Å². The number of nitrogens with zero attached hydrogens (tertiary/aromatic N) is 1. The number of benzene rings is 1. The van der Waals surface area contributed by atoms with Crippen molar-refractivity contribution in [3.8, 4) is 5.75 Å². The summed E-state index contributed by atoms with van der Waals surface area (Å²) in [4.78, 5) is 14.1. The van der Waals surface area contributed by atoms with Crippen LogP contribution in [-0.2, 0) is 0 Å². The van der Waals surface area contributed by atoms with Crippen LogP contribution in [-0.4, -0.2) is 22.7 Å². The van der Waals surface area contributed by atoms with Gasteiger partial charge < -0.3 is 9.64 Å². The van der Waals surface area contributed by atoms with Crippen LogP contribution >= 0.6 is 15.9 Å². The van der Waals surface area contributed by atoms with Gasteiger partial charge in [-0.3, -0.25) is 4.79 Å². The molecular weight excluding hydrogens is 313 g/mol. The van der Waals surface area contributed by atoms with Gasteiger partial charge in [-0.2, -0.15) is 0 Å². The number of rotatable bonds is 4. The standard InChI is InChI=1S/C14H15BrFNO2/c1-10-9-19-13-5-4-11(16)8-12(13)14(18)17(10)7-3-2-6-15/h4-5,8-9H,2-3,6-7H2,1H3. The first-order valence-electron chi connectivity index (χ1n) is 6.14. The van der Waals surface area contributed by atoms with Gasteiger partial charge in [0.1, 0.15) is 17.8 Å². The lowest BCUT2D eigenvalue weighted by atomic mass is 10.1. The normalized spacial score (nSPS) is 14.6. The third-order valence-electron chi connectivity index (χ3n) is 2.96. The Kier molecular flexibility index (Phi) is 4.58. The first-order chi connectivity index (χ1) is 9.13. The Balaban J connectivity index is 2.27. The highest BCUT2D eigenvalue weighted by molar-refractivity contribution is 9.09. The minimum atomic E-state index is -0.435. The highest BCUT2D eigenvalue weighted by atomic mass is 79.9. The molecule has 19 heavy (non-hydrogen) atoms. The van der Waals surface area contributed by atoms with Crippen molar-refractivity contribution in [2.75, 3.05) is 11.9 Å². The van der Waals surface area contributed by atoms with Gasteiger partial charge in [0, 0.05) is 11.9 Å². The summed E-state index contributed by atoms with van der Waals surface area (Å²) in [5, 5.41) is 0.902. The SMILES string of the molecule is CC1=COc2ccc(F)cc2C(=O)N1CCCCBr. The molecule has 1 aromatic carbocycles. The first-order valence-corrected chi connectivity index (χ1v) is 7.26. The number of carbonyl (C=O) groups is 1. The third kappa shape index (κ3) is 3.15. The van der Waals surface area contributed by atoms with E-state index in [4.69, 9.17) is 4.74 Å². The van der Waals surface area contributed by atoms with Crippen molar-refractivity contribution in [2.24, 2.45) is 0 Å². The van der Waals surface area contributed by atoms with Gasteiger partial charge in [-0.1, -0.05) is 15.9 Å². The highest BCUT2D eigenvalue weighted by Crippen LogP contribution is 2.26. The second-order valence-electron chi connectivity index (χ2n) is 4.37. The summed E-state index contributed by atoms with van der Waals surface area (Å²) in [6.45, 7) is 2.42. The third-order valence-corrected chi connectivity index (χ3v) is 3.53. The van der Waals surface area contributed by atoms with E-state index < -0.39 is 5.82 Å². The van der Waals surface area contributed by atoms with E-state index >= 15 is 0 Å². The van der Waals surface area contributed by atoms with Crippen LogP contribution in [0.2, 0.25) is 0 Å². The summed E-state index contributed by atoms with van der Waals surface area (Å²) in [7, 11) is 0. The van der Waals surface area contributed by atoms with Crippen molar-refractivity contribution >= 4 is 21.8 Å². The summed E-state index contributed by atoms with van der Waals surface area (Å²) in [6, 6.07) is 3.99. The minimum absolute atomic E-state index is 0.213. The van der Waals surface area contributed by atoms with Crippen LogP contribution < -0.4 is 4.74 Å². The zero-order chi connectivity index (χ0) is 13.8. The monoisotopic (exact) mass is 327 g/mol. The average molecular weight is 328 g/mol. The molecule has 0 saturated carbocycles. The molecular formula is C14H15BrFNO2. The zero-order valence-electron chi connectivity index (χ0n) is 10.7. The van der Waals surface area contributed by atoms with E-state index in [1.807, 2.05) is 6.92 Å². The molecule has 1 amide bonds. The summed E-state index contributed by atoms with van der Waals surface area (Å²) in [6.07, 6.45) is 3.40. The number of unbranched alkanes of at least 4 members (excludes halogenated alkanes) is 1. The number of alkyl halides is 1. The number of halogens is 2. The molecule has 0 atom stereocenters. The quantitative estimate of drug-likeness (QED) is 0.623. The van der Waals surface area contributed by atoms with Crippen molar-refractivity contribution in [1.82, 2.24) is 4.90 Å². The molecule has 0 aliphatic carbocycles. The highest BCUT2D eigenvalue weighted by Gasteiger charge is 2.24. The molecule has 0 bridgehead atoms. The van der Waals surface area contributed by atoms with Gasteiger partial charge in [0.05, 0.1) is 11.3 Å². The van der Waals surface area contributed by atoms with Crippen LogP contribution in [0.25, 0.3) is 0 Å². The largest absolute Gasteiger partial charge is 0.462 e. The molecule has 0 aromatic heterocycles. The van der Waals surface area contributed by atoms with Crippen molar-refractivity contribution in [2.45, 2.75) is 19.8 Å². The molecule has 0 N–H and O–H groups in total. The molecule has 5 heteroatoms. The molecule has 0 radical (unpaired) electrons. The van der Waals surface area contributed by atoms with E-state index in [9.17, 15) is 9.18 Å². The molecule has 0 spiro atoms. The Morgan fingerprint density at radius 1 is 1.37 bits per heavy atom. The predicted molar refractivity (Wildman–Crippen MR) is 74.8 cm³/mol. The number of hydrogen-bond acceptors (Lipinski definition) is 2. The van der Waals surface area contributed by atoms with Gasteiger partial charge in [-0.05, 0) is 38.0 Å². The smallest absolute Gasteiger partial charge is 0.262 e. The van der Waals surface area contributed by atoms with Crippen LogP contribution in [0.15, 0.2) is 30.2 Å². The van der Waals surface area contributed by atoms with Crippen LogP contribution in [0.1, 0.15) is 30.1 Å². The number of allylic oxidation sites excluding steroid dienone is 1. The maximum absolute atomic E-state index is 13.3. The molecule has 2 rings (SSSR count).